The highest BCUT2D eigenvalue weighted by Gasteiger charge is 2.10. The molecule has 0 aliphatic carbocycles. The molecule has 1 heterocycles. The van der Waals surface area contributed by atoms with Crippen molar-refractivity contribution in [2.24, 2.45) is 0 Å². The number of pyridine rings is 1. The summed E-state index contributed by atoms with van der Waals surface area (Å²) in [5.74, 6) is -0.908. The van der Waals surface area contributed by atoms with Crippen LogP contribution in [0.25, 0.3) is 0 Å². The molecule has 0 saturated carbocycles. The minimum atomic E-state index is -0.457. The van der Waals surface area contributed by atoms with Gasteiger partial charge in [-0.2, -0.15) is 0 Å². The summed E-state index contributed by atoms with van der Waals surface area (Å²) in [6, 6.07) is 1.47. The largest absolute Gasteiger partial charge is 0.469 e. The van der Waals surface area contributed by atoms with E-state index in [4.69, 9.17) is 0 Å². The fourth-order valence-corrected chi connectivity index (χ4v) is 1.33. The number of aromatic nitrogens is 1. The number of rotatable bonds is 2. The van der Waals surface area contributed by atoms with Crippen molar-refractivity contribution in [2.45, 2.75) is 6.42 Å². The van der Waals surface area contributed by atoms with E-state index in [1.807, 2.05) is 0 Å². The van der Waals surface area contributed by atoms with Gasteiger partial charge in [-0.15, -0.1) is 0 Å². The molecule has 0 fully saturated rings. The van der Waals surface area contributed by atoms with Crippen LogP contribution in [-0.2, 0) is 16.0 Å². The lowest BCUT2D eigenvalue weighted by atomic mass is 10.2. The van der Waals surface area contributed by atoms with Crippen LogP contribution in [0.2, 0.25) is 0 Å². The first-order valence-electron chi connectivity index (χ1n) is 3.51. The third-order valence-corrected chi connectivity index (χ3v) is 2.24. The Hall–Kier alpha value is -0.720. The summed E-state index contributed by atoms with van der Waals surface area (Å²) in [6.07, 6.45) is 1.41. The number of carbonyl (C=O) groups is 1. The van der Waals surface area contributed by atoms with Gasteiger partial charge in [0.05, 0.1) is 13.5 Å². The van der Waals surface area contributed by atoms with Crippen molar-refractivity contribution in [3.63, 3.8) is 0 Å². The van der Waals surface area contributed by atoms with Gasteiger partial charge in [0.1, 0.15) is 3.70 Å². The monoisotopic (exact) mass is 295 g/mol. The Bertz CT molecular complexity index is 330. The lowest BCUT2D eigenvalue weighted by Crippen LogP contribution is -2.07. The first-order chi connectivity index (χ1) is 6.15. The zero-order chi connectivity index (χ0) is 9.84. The van der Waals surface area contributed by atoms with Crippen LogP contribution in [0.3, 0.4) is 0 Å². The van der Waals surface area contributed by atoms with E-state index in [0.717, 1.165) is 0 Å². The summed E-state index contributed by atoms with van der Waals surface area (Å²) in [7, 11) is 1.27. The molecule has 5 heteroatoms. The molecule has 1 aromatic heterocycles. The van der Waals surface area contributed by atoms with Crippen LogP contribution in [0.1, 0.15) is 5.56 Å². The van der Waals surface area contributed by atoms with E-state index in [-0.39, 0.29) is 10.1 Å². The van der Waals surface area contributed by atoms with Crippen molar-refractivity contribution >= 4 is 28.6 Å². The van der Waals surface area contributed by atoms with E-state index < -0.39 is 11.8 Å². The molecular formula is C8H7FINO2. The van der Waals surface area contributed by atoms with Crippen LogP contribution in [0.4, 0.5) is 4.39 Å². The second-order valence-electron chi connectivity index (χ2n) is 2.33. The number of nitrogens with zero attached hydrogens (tertiary/aromatic N) is 1. The lowest BCUT2D eigenvalue weighted by molar-refractivity contribution is -0.139. The van der Waals surface area contributed by atoms with Crippen LogP contribution in [-0.4, -0.2) is 18.1 Å². The molecule has 1 rings (SSSR count). The molecular weight excluding hydrogens is 288 g/mol. The third-order valence-electron chi connectivity index (χ3n) is 1.49. The molecule has 0 saturated heterocycles. The van der Waals surface area contributed by atoms with Crippen molar-refractivity contribution < 1.29 is 13.9 Å². The highest BCUT2D eigenvalue weighted by Crippen LogP contribution is 2.12. The molecule has 0 spiro atoms. The molecule has 0 bridgehead atoms. The quantitative estimate of drug-likeness (QED) is 0.472. The Morgan fingerprint density at radius 2 is 2.46 bits per heavy atom. The van der Waals surface area contributed by atoms with Crippen LogP contribution in [0.5, 0.6) is 0 Å². The zero-order valence-corrected chi connectivity index (χ0v) is 9.04. The summed E-state index contributed by atoms with van der Waals surface area (Å²) in [6.45, 7) is 0. The van der Waals surface area contributed by atoms with E-state index >= 15 is 0 Å². The smallest absolute Gasteiger partial charge is 0.310 e. The van der Waals surface area contributed by atoms with Crippen LogP contribution >= 0.6 is 22.6 Å². The van der Waals surface area contributed by atoms with E-state index in [1.165, 1.54) is 19.4 Å². The van der Waals surface area contributed by atoms with Gasteiger partial charge in [0, 0.05) is 11.8 Å². The molecule has 1 aromatic rings. The van der Waals surface area contributed by atoms with E-state index in [9.17, 15) is 9.18 Å². The molecule has 0 aliphatic rings. The Balaban J connectivity index is 2.89. The molecule has 0 aromatic carbocycles. The van der Waals surface area contributed by atoms with Crippen LogP contribution in [0, 0.1) is 9.52 Å². The number of esters is 1. The van der Waals surface area contributed by atoms with E-state index in [1.54, 1.807) is 22.6 Å². The van der Waals surface area contributed by atoms with Crippen molar-refractivity contribution in [2.75, 3.05) is 7.11 Å². The van der Waals surface area contributed by atoms with Gasteiger partial charge in [0.25, 0.3) is 0 Å². The number of hydrogen-bond acceptors (Lipinski definition) is 3. The Morgan fingerprint density at radius 1 is 1.77 bits per heavy atom. The molecule has 0 atom stereocenters. The standard InChI is InChI=1S/C8H7FINO2/c1-13-6(12)4-5-2-3-11-8(10)7(5)9/h2-3H,4H2,1H3. The van der Waals surface area contributed by atoms with Gasteiger partial charge in [-0.05, 0) is 28.7 Å². The highest BCUT2D eigenvalue weighted by atomic mass is 127. The average molecular weight is 295 g/mol. The van der Waals surface area contributed by atoms with Gasteiger partial charge in [-0.25, -0.2) is 9.37 Å². The van der Waals surface area contributed by atoms with Crippen LogP contribution in [0.15, 0.2) is 12.3 Å². The summed E-state index contributed by atoms with van der Waals surface area (Å²) in [5, 5.41) is 0. The summed E-state index contributed by atoms with van der Waals surface area (Å²) in [5.41, 5.74) is 0.311. The maximum absolute atomic E-state index is 13.2. The third kappa shape index (κ3) is 2.61. The number of hydrogen-bond donors (Lipinski definition) is 0. The molecule has 0 radical (unpaired) electrons. The second kappa shape index (κ2) is 4.50. The lowest BCUT2D eigenvalue weighted by Gasteiger charge is -2.01. The minimum Gasteiger partial charge on any atom is -0.469 e. The second-order valence-corrected chi connectivity index (χ2v) is 3.35. The van der Waals surface area contributed by atoms with Crippen molar-refractivity contribution in [1.82, 2.24) is 4.98 Å². The van der Waals surface area contributed by atoms with Gasteiger partial charge in [0.15, 0.2) is 5.82 Å². The predicted octanol–water partition coefficient (Wildman–Crippen LogP) is 1.54. The Morgan fingerprint density at radius 3 is 3.08 bits per heavy atom. The van der Waals surface area contributed by atoms with Gasteiger partial charge < -0.3 is 4.74 Å². The Kier molecular flexibility index (Phi) is 3.58. The summed E-state index contributed by atoms with van der Waals surface area (Å²) >= 11 is 1.77. The number of halogens is 2. The molecule has 0 N–H and O–H groups in total. The molecule has 0 aliphatic heterocycles. The first-order valence-corrected chi connectivity index (χ1v) is 4.58. The normalized spacial score (nSPS) is 9.77. The van der Waals surface area contributed by atoms with Gasteiger partial charge >= 0.3 is 5.97 Å². The van der Waals surface area contributed by atoms with Gasteiger partial charge in [0.2, 0.25) is 0 Å². The molecule has 3 nitrogen and oxygen atoms in total. The maximum Gasteiger partial charge on any atom is 0.310 e. The van der Waals surface area contributed by atoms with Gasteiger partial charge in [-0.3, -0.25) is 4.79 Å². The van der Waals surface area contributed by atoms with Gasteiger partial charge in [-0.1, -0.05) is 0 Å². The average Bonchev–Trinajstić information content (AvgIpc) is 2.13. The number of methoxy groups -OCH3 is 1. The molecule has 0 unspecified atom stereocenters. The summed E-state index contributed by atoms with van der Waals surface area (Å²) < 4.78 is 17.9. The number of ether oxygens (including phenoxy) is 1. The van der Waals surface area contributed by atoms with E-state index in [0.29, 0.717) is 5.56 Å². The molecule has 70 valence electrons. The van der Waals surface area contributed by atoms with Crippen molar-refractivity contribution in [3.8, 4) is 0 Å². The Labute approximate surface area is 88.4 Å². The van der Waals surface area contributed by atoms with Crippen molar-refractivity contribution in [1.29, 1.82) is 0 Å². The predicted molar refractivity (Wildman–Crippen MR) is 52.6 cm³/mol. The molecule has 0 amide bonds. The fourth-order valence-electron chi connectivity index (χ4n) is 0.819. The van der Waals surface area contributed by atoms with E-state index in [2.05, 4.69) is 9.72 Å². The van der Waals surface area contributed by atoms with Crippen LogP contribution < -0.4 is 0 Å². The number of carbonyl (C=O) groups excluding carboxylic acids is 1. The first kappa shape index (κ1) is 10.4. The SMILES string of the molecule is COC(=O)Cc1ccnc(I)c1F. The minimum absolute atomic E-state index is 0.0547. The molecule has 13 heavy (non-hydrogen) atoms. The topological polar surface area (TPSA) is 39.2 Å². The fraction of sp³-hybridized carbons (Fsp3) is 0.250. The summed E-state index contributed by atoms with van der Waals surface area (Å²) in [4.78, 5) is 14.6. The zero-order valence-electron chi connectivity index (χ0n) is 6.88. The maximum atomic E-state index is 13.2. The van der Waals surface area contributed by atoms with Crippen molar-refractivity contribution in [3.05, 3.63) is 27.3 Å². The highest BCUT2D eigenvalue weighted by molar-refractivity contribution is 14.1.